The van der Waals surface area contributed by atoms with Gasteiger partial charge in [-0.05, 0) is 127 Å². The summed E-state index contributed by atoms with van der Waals surface area (Å²) in [6, 6.07) is 28.4. The first-order valence-corrected chi connectivity index (χ1v) is 21.9. The minimum Gasteiger partial charge on any atom is -0.456 e. The minimum absolute atomic E-state index is 0.343. The van der Waals surface area contributed by atoms with Crippen LogP contribution in [0, 0.1) is 0 Å². The average Bonchev–Trinajstić information content (AvgIpc) is 4.05. The molecule has 4 aromatic carbocycles. The van der Waals surface area contributed by atoms with Crippen LogP contribution in [0.1, 0.15) is 90.4 Å². The van der Waals surface area contributed by atoms with Crippen LogP contribution >= 0.6 is 0 Å². The molecule has 0 radical (unpaired) electrons. The first-order valence-electron chi connectivity index (χ1n) is 21.9. The molecule has 6 amide bonds. The fourth-order valence-corrected chi connectivity index (χ4v) is 8.09. The SMILES string of the molecule is CC(C)(C)OC(=O)N[C@H](C(=O)N1CCC[C@H]1C(=O)Nc1ccc(-c2cc3cc(NC(=O)[C@@H]4CCCN4C(=O)[C@@H](NC(=O)OC(C)(C)C)c4ccccc4)ccc3o2)cc1)c1ccccc1. The standard InChI is InChI=1S/C50H56N6O9/c1-49(2,3)64-47(61)53-41(32-15-9-7-10-16-32)45(59)55-27-13-19-37(55)43(57)51-35-23-21-31(22-24-35)40-30-34-29-36(25-26-39(34)63-40)52-44(58)38-20-14-28-56(38)46(60)42(33-17-11-8-12-18-33)54-48(62)65-50(4,5)6/h7-12,15-18,21-26,29-30,37-38,41-42H,13-14,19-20,27-28H2,1-6H3,(H,51,57)(H,52,58)(H,53,61)(H,54,62)/t37-,38-,41-,42-/m0/s1. The van der Waals surface area contributed by atoms with E-state index in [1.165, 1.54) is 9.80 Å². The quantitative estimate of drug-likeness (QED) is 0.101. The number of furan rings is 1. The van der Waals surface area contributed by atoms with Crippen molar-refractivity contribution < 1.29 is 42.7 Å². The zero-order valence-electron chi connectivity index (χ0n) is 37.5. The molecule has 340 valence electrons. The Morgan fingerprint density at radius 3 is 1.49 bits per heavy atom. The Bertz CT molecular complexity index is 2530. The summed E-state index contributed by atoms with van der Waals surface area (Å²) in [7, 11) is 0. The fourth-order valence-electron chi connectivity index (χ4n) is 8.09. The summed E-state index contributed by atoms with van der Waals surface area (Å²) in [5.74, 6) is -0.934. The molecule has 3 heterocycles. The van der Waals surface area contributed by atoms with Crippen LogP contribution in [0.25, 0.3) is 22.3 Å². The Morgan fingerprint density at radius 2 is 1.03 bits per heavy atom. The van der Waals surface area contributed by atoms with Crippen molar-refractivity contribution in [2.45, 2.75) is 103 Å². The van der Waals surface area contributed by atoms with Crippen LogP contribution in [0.3, 0.4) is 0 Å². The van der Waals surface area contributed by atoms with E-state index < -0.39 is 59.4 Å². The second-order valence-electron chi connectivity index (χ2n) is 18.3. The number of benzene rings is 4. The first-order chi connectivity index (χ1) is 30.9. The number of rotatable bonds is 11. The van der Waals surface area contributed by atoms with E-state index in [0.717, 1.165) is 10.9 Å². The van der Waals surface area contributed by atoms with Gasteiger partial charge in [0.1, 0.15) is 46.7 Å². The molecule has 0 spiro atoms. The van der Waals surface area contributed by atoms with Crippen molar-refractivity contribution in [3.63, 3.8) is 0 Å². The van der Waals surface area contributed by atoms with Crippen LogP contribution < -0.4 is 21.3 Å². The van der Waals surface area contributed by atoms with Crippen molar-refractivity contribution in [2.24, 2.45) is 0 Å². The van der Waals surface area contributed by atoms with E-state index in [2.05, 4.69) is 21.3 Å². The maximum Gasteiger partial charge on any atom is 0.408 e. The van der Waals surface area contributed by atoms with Gasteiger partial charge in [-0.3, -0.25) is 19.2 Å². The molecule has 0 aliphatic carbocycles. The number of nitrogens with one attached hydrogen (secondary N) is 4. The maximum atomic E-state index is 14.0. The molecule has 15 heteroatoms. The van der Waals surface area contributed by atoms with Crippen molar-refractivity contribution in [1.29, 1.82) is 0 Å². The highest BCUT2D eigenvalue weighted by Gasteiger charge is 2.40. The number of hydrogen-bond donors (Lipinski definition) is 4. The second kappa shape index (κ2) is 19.3. The Labute approximate surface area is 378 Å². The average molecular weight is 885 g/mol. The van der Waals surface area contributed by atoms with Crippen molar-refractivity contribution in [2.75, 3.05) is 23.7 Å². The molecular weight excluding hydrogens is 829 g/mol. The summed E-state index contributed by atoms with van der Waals surface area (Å²) in [5.41, 5.74) is 2.00. The predicted molar refractivity (Wildman–Crippen MR) is 245 cm³/mol. The monoisotopic (exact) mass is 884 g/mol. The molecule has 7 rings (SSSR count). The third kappa shape index (κ3) is 11.5. The van der Waals surface area contributed by atoms with E-state index in [-0.39, 0.29) is 11.8 Å². The van der Waals surface area contributed by atoms with E-state index in [9.17, 15) is 28.8 Å². The maximum absolute atomic E-state index is 14.0. The molecule has 2 saturated heterocycles. The molecule has 2 fully saturated rings. The summed E-state index contributed by atoms with van der Waals surface area (Å²) in [6.45, 7) is 11.2. The summed E-state index contributed by atoms with van der Waals surface area (Å²) in [6.07, 6.45) is 0.693. The van der Waals surface area contributed by atoms with Crippen LogP contribution in [0.5, 0.6) is 0 Å². The highest BCUT2D eigenvalue weighted by Crippen LogP contribution is 2.32. The van der Waals surface area contributed by atoms with Crippen LogP contribution in [0.2, 0.25) is 0 Å². The lowest BCUT2D eigenvalue weighted by atomic mass is 10.0. The van der Waals surface area contributed by atoms with Crippen molar-refractivity contribution in [3.8, 4) is 11.3 Å². The van der Waals surface area contributed by atoms with E-state index in [0.29, 0.717) is 72.6 Å². The summed E-state index contributed by atoms with van der Waals surface area (Å²) in [5, 5.41) is 12.1. The van der Waals surface area contributed by atoms with Gasteiger partial charge in [-0.2, -0.15) is 0 Å². The molecule has 0 bridgehead atoms. The van der Waals surface area contributed by atoms with Crippen molar-refractivity contribution in [1.82, 2.24) is 20.4 Å². The Hall–Kier alpha value is -7.16. The molecule has 2 aliphatic rings. The van der Waals surface area contributed by atoms with Gasteiger partial charge in [-0.15, -0.1) is 0 Å². The number of fused-ring (bicyclic) bond motifs is 1. The number of hydrogen-bond acceptors (Lipinski definition) is 9. The molecule has 15 nitrogen and oxygen atoms in total. The van der Waals surface area contributed by atoms with Gasteiger partial charge in [0.25, 0.3) is 11.8 Å². The van der Waals surface area contributed by atoms with E-state index >= 15 is 0 Å². The van der Waals surface area contributed by atoms with E-state index in [1.54, 1.807) is 120 Å². The number of carbonyl (C=O) groups is 6. The molecule has 2 aliphatic heterocycles. The smallest absolute Gasteiger partial charge is 0.408 e. The topological polar surface area (TPSA) is 189 Å². The second-order valence-corrected chi connectivity index (χ2v) is 18.3. The molecule has 1 aromatic heterocycles. The van der Waals surface area contributed by atoms with Gasteiger partial charge in [0.2, 0.25) is 11.8 Å². The number of carbonyl (C=O) groups excluding carboxylic acids is 6. The lowest BCUT2D eigenvalue weighted by molar-refractivity contribution is -0.138. The number of alkyl carbamates (subject to hydrolysis) is 2. The summed E-state index contributed by atoms with van der Waals surface area (Å²) in [4.78, 5) is 84.1. The molecule has 0 unspecified atom stereocenters. The van der Waals surface area contributed by atoms with Gasteiger partial charge in [-0.25, -0.2) is 9.59 Å². The predicted octanol–water partition coefficient (Wildman–Crippen LogP) is 8.49. The molecule has 5 aromatic rings. The summed E-state index contributed by atoms with van der Waals surface area (Å²) < 4.78 is 17.1. The Kier molecular flexibility index (Phi) is 13.6. The zero-order valence-corrected chi connectivity index (χ0v) is 37.5. The normalized spacial score (nSPS) is 17.2. The van der Waals surface area contributed by atoms with Crippen molar-refractivity contribution >= 4 is 58.2 Å². The van der Waals surface area contributed by atoms with E-state index in [4.69, 9.17) is 13.9 Å². The minimum atomic E-state index is -1.05. The Balaban J connectivity index is 0.988. The van der Waals surface area contributed by atoms with Crippen LogP contribution in [-0.4, -0.2) is 82.0 Å². The van der Waals surface area contributed by atoms with Crippen LogP contribution in [-0.2, 0) is 28.7 Å². The van der Waals surface area contributed by atoms with Crippen molar-refractivity contribution in [3.05, 3.63) is 120 Å². The van der Waals surface area contributed by atoms with Gasteiger partial charge >= 0.3 is 12.2 Å². The highest BCUT2D eigenvalue weighted by atomic mass is 16.6. The molecule has 4 N–H and O–H groups in total. The third-order valence-corrected chi connectivity index (χ3v) is 11.0. The van der Waals surface area contributed by atoms with Gasteiger partial charge < -0.3 is 45.0 Å². The number of likely N-dealkylation sites (tertiary alicyclic amines) is 2. The van der Waals surface area contributed by atoms with Gasteiger partial charge in [0, 0.05) is 35.4 Å². The van der Waals surface area contributed by atoms with Crippen LogP contribution in [0.4, 0.5) is 21.0 Å². The molecule has 0 saturated carbocycles. The third-order valence-electron chi connectivity index (χ3n) is 11.0. The zero-order chi connectivity index (χ0) is 46.5. The van der Waals surface area contributed by atoms with Gasteiger partial charge in [0.05, 0.1) is 0 Å². The lowest BCUT2D eigenvalue weighted by Gasteiger charge is -2.29. The molecule has 65 heavy (non-hydrogen) atoms. The van der Waals surface area contributed by atoms with Gasteiger partial charge in [0.15, 0.2) is 0 Å². The first kappa shape index (κ1) is 45.9. The van der Waals surface area contributed by atoms with Crippen LogP contribution in [0.15, 0.2) is 114 Å². The molecular formula is C50H56N6O9. The number of nitrogens with zero attached hydrogens (tertiary/aromatic N) is 2. The lowest BCUT2D eigenvalue weighted by Crippen LogP contribution is -2.49. The van der Waals surface area contributed by atoms with E-state index in [1.807, 2.05) is 30.3 Å². The number of ether oxygens (including phenoxy) is 2. The Morgan fingerprint density at radius 1 is 0.585 bits per heavy atom. The molecule has 4 atom stereocenters. The fraction of sp³-hybridized carbons (Fsp3) is 0.360. The van der Waals surface area contributed by atoms with Gasteiger partial charge in [-0.1, -0.05) is 60.7 Å². The largest absolute Gasteiger partial charge is 0.456 e. The highest BCUT2D eigenvalue weighted by molar-refractivity contribution is 6.01. The number of amides is 6. The summed E-state index contributed by atoms with van der Waals surface area (Å²) >= 11 is 0. The number of anilines is 2.